The Balaban J connectivity index is 1.78. The van der Waals surface area contributed by atoms with Crippen LogP contribution in [0.2, 0.25) is 0 Å². The van der Waals surface area contributed by atoms with Gasteiger partial charge in [0, 0.05) is 24.8 Å². The number of aliphatic hydroxyl groups excluding tert-OH is 1. The van der Waals surface area contributed by atoms with Gasteiger partial charge in [-0.25, -0.2) is 0 Å². The standard InChI is InChI=1S/C23H33NO7/c1-5-14-16(29-4)8-6-7-9-24-15(17-10-12(2)20(26)30-17)11-23(22(24)28)18(19(14)25)13(3)21(27)31-23/h8,12-15,17-19,25H,5-7,9-11H2,1-4H3/b16-8+/t12-,13-,14-,15-,17-,18-,19-,23-/m0/s1. The molecule has 4 aliphatic heterocycles. The van der Waals surface area contributed by atoms with Crippen LogP contribution in [0.3, 0.4) is 0 Å². The van der Waals surface area contributed by atoms with Crippen molar-refractivity contribution in [3.63, 3.8) is 0 Å². The molecular formula is C23H33NO7. The molecule has 0 unspecified atom stereocenters. The Morgan fingerprint density at radius 1 is 1.26 bits per heavy atom. The van der Waals surface area contributed by atoms with Crippen molar-refractivity contribution in [1.29, 1.82) is 0 Å². The monoisotopic (exact) mass is 435 g/mol. The van der Waals surface area contributed by atoms with Crippen molar-refractivity contribution >= 4 is 17.8 Å². The highest BCUT2D eigenvalue weighted by Crippen LogP contribution is 2.51. The Kier molecular flexibility index (Phi) is 5.79. The second-order valence-electron chi connectivity index (χ2n) is 9.47. The Labute approximate surface area is 182 Å². The van der Waals surface area contributed by atoms with E-state index in [0.29, 0.717) is 38.0 Å². The topological polar surface area (TPSA) is 102 Å². The van der Waals surface area contributed by atoms with Crippen LogP contribution in [0.1, 0.15) is 52.9 Å². The third-order valence-corrected chi connectivity index (χ3v) is 7.72. The van der Waals surface area contributed by atoms with Crippen LogP contribution < -0.4 is 0 Å². The zero-order valence-electron chi connectivity index (χ0n) is 18.7. The molecule has 0 radical (unpaired) electrons. The minimum Gasteiger partial charge on any atom is -0.501 e. The van der Waals surface area contributed by atoms with Gasteiger partial charge in [-0.05, 0) is 31.8 Å². The Hall–Kier alpha value is -2.09. The lowest BCUT2D eigenvalue weighted by molar-refractivity contribution is -0.163. The van der Waals surface area contributed by atoms with E-state index in [1.54, 1.807) is 18.9 Å². The van der Waals surface area contributed by atoms with Crippen molar-refractivity contribution in [3.8, 4) is 0 Å². The van der Waals surface area contributed by atoms with Crippen LogP contribution in [0.25, 0.3) is 0 Å². The summed E-state index contributed by atoms with van der Waals surface area (Å²) in [6.45, 7) is 5.97. The molecule has 8 heteroatoms. The number of hydrogen-bond acceptors (Lipinski definition) is 7. The van der Waals surface area contributed by atoms with Crippen molar-refractivity contribution in [1.82, 2.24) is 4.90 Å². The highest BCUT2D eigenvalue weighted by atomic mass is 16.6. The van der Waals surface area contributed by atoms with Crippen LogP contribution >= 0.6 is 0 Å². The number of ether oxygens (including phenoxy) is 3. The molecule has 0 aromatic carbocycles. The number of hydrogen-bond donors (Lipinski definition) is 1. The average Bonchev–Trinajstić information content (AvgIpc) is 3.29. The van der Waals surface area contributed by atoms with Crippen LogP contribution in [0.4, 0.5) is 0 Å². The van der Waals surface area contributed by atoms with E-state index in [0.717, 1.165) is 0 Å². The minimum absolute atomic E-state index is 0.222. The lowest BCUT2D eigenvalue weighted by Crippen LogP contribution is -2.51. The van der Waals surface area contributed by atoms with E-state index in [2.05, 4.69) is 0 Å². The molecule has 4 aliphatic rings. The molecule has 0 aliphatic carbocycles. The number of esters is 2. The number of carbonyl (C=O) groups excluding carboxylic acids is 3. The van der Waals surface area contributed by atoms with Crippen LogP contribution in [0.5, 0.6) is 0 Å². The third kappa shape index (κ3) is 3.34. The predicted octanol–water partition coefficient (Wildman–Crippen LogP) is 1.80. The summed E-state index contributed by atoms with van der Waals surface area (Å²) >= 11 is 0. The second kappa shape index (κ2) is 8.11. The number of allylic oxidation sites excluding steroid dienone is 1. The minimum atomic E-state index is -1.44. The molecule has 0 aromatic rings. The molecule has 3 saturated heterocycles. The molecule has 172 valence electrons. The smallest absolute Gasteiger partial charge is 0.310 e. The number of aliphatic hydroxyl groups is 1. The summed E-state index contributed by atoms with van der Waals surface area (Å²) in [5, 5.41) is 11.5. The van der Waals surface area contributed by atoms with E-state index in [9.17, 15) is 19.5 Å². The first-order valence-corrected chi connectivity index (χ1v) is 11.4. The van der Waals surface area contributed by atoms with E-state index < -0.39 is 35.6 Å². The zero-order valence-corrected chi connectivity index (χ0v) is 18.7. The number of fused-ring (bicyclic) bond motifs is 1. The maximum atomic E-state index is 13.8. The summed E-state index contributed by atoms with van der Waals surface area (Å²) in [7, 11) is 1.59. The van der Waals surface area contributed by atoms with Crippen molar-refractivity contribution < 1.29 is 33.7 Å². The summed E-state index contributed by atoms with van der Waals surface area (Å²) in [6.07, 6.45) is 3.33. The molecule has 1 spiro atoms. The molecule has 0 aromatic heterocycles. The molecular weight excluding hydrogens is 402 g/mol. The van der Waals surface area contributed by atoms with Crippen LogP contribution in [0, 0.1) is 23.7 Å². The van der Waals surface area contributed by atoms with Gasteiger partial charge < -0.3 is 24.2 Å². The van der Waals surface area contributed by atoms with E-state index in [1.807, 2.05) is 19.9 Å². The fraction of sp³-hybridized carbons (Fsp3) is 0.783. The summed E-state index contributed by atoms with van der Waals surface area (Å²) in [4.78, 5) is 40.3. The first-order valence-electron chi connectivity index (χ1n) is 11.4. The van der Waals surface area contributed by atoms with E-state index >= 15 is 0 Å². The molecule has 8 nitrogen and oxygen atoms in total. The molecule has 2 bridgehead atoms. The summed E-state index contributed by atoms with van der Waals surface area (Å²) in [5.41, 5.74) is -1.44. The SMILES string of the molecule is CC[C@H]1/C(OC)=C\CCCN2C(=O)[C@@]3(C[C@H]2[C@@H]2C[C@H](C)C(=O)O2)OC(=O)[C@@H](C)[C@H]3[C@H]1O. The van der Waals surface area contributed by atoms with Crippen LogP contribution in [0.15, 0.2) is 11.8 Å². The molecule has 31 heavy (non-hydrogen) atoms. The number of methoxy groups -OCH3 is 1. The highest BCUT2D eigenvalue weighted by molar-refractivity contribution is 5.94. The van der Waals surface area contributed by atoms with Gasteiger partial charge in [-0.1, -0.05) is 20.8 Å². The van der Waals surface area contributed by atoms with Gasteiger partial charge in [-0.2, -0.15) is 0 Å². The number of nitrogens with zero attached hydrogens (tertiary/aromatic N) is 1. The van der Waals surface area contributed by atoms with Gasteiger partial charge in [-0.15, -0.1) is 0 Å². The molecule has 4 rings (SSSR count). The largest absolute Gasteiger partial charge is 0.501 e. The average molecular weight is 436 g/mol. The Bertz CT molecular complexity index is 795. The summed E-state index contributed by atoms with van der Waals surface area (Å²) < 4.78 is 17.0. The maximum Gasteiger partial charge on any atom is 0.310 e. The molecule has 8 atom stereocenters. The van der Waals surface area contributed by atoms with Crippen LogP contribution in [-0.2, 0) is 28.6 Å². The van der Waals surface area contributed by atoms with E-state index in [4.69, 9.17) is 14.2 Å². The first kappa shape index (κ1) is 22.1. The molecule has 1 amide bonds. The molecule has 0 saturated carbocycles. The van der Waals surface area contributed by atoms with Gasteiger partial charge in [0.25, 0.3) is 5.91 Å². The van der Waals surface area contributed by atoms with Crippen molar-refractivity contribution in [2.45, 2.75) is 76.7 Å². The van der Waals surface area contributed by atoms with Crippen molar-refractivity contribution in [2.75, 3.05) is 13.7 Å². The third-order valence-electron chi connectivity index (χ3n) is 7.72. The number of rotatable bonds is 3. The van der Waals surface area contributed by atoms with Crippen molar-refractivity contribution in [3.05, 3.63) is 11.8 Å². The normalized spacial score (nSPS) is 44.8. The van der Waals surface area contributed by atoms with Gasteiger partial charge in [0.2, 0.25) is 0 Å². The summed E-state index contributed by atoms with van der Waals surface area (Å²) in [6, 6.07) is -0.362. The Morgan fingerprint density at radius 2 is 2.00 bits per heavy atom. The molecule has 1 N–H and O–H groups in total. The van der Waals surface area contributed by atoms with Crippen LogP contribution in [-0.4, -0.2) is 65.4 Å². The lowest BCUT2D eigenvalue weighted by atomic mass is 9.71. The Morgan fingerprint density at radius 3 is 2.61 bits per heavy atom. The van der Waals surface area contributed by atoms with Gasteiger partial charge in [0.05, 0.1) is 36.9 Å². The lowest BCUT2D eigenvalue weighted by Gasteiger charge is -2.35. The molecule has 3 fully saturated rings. The fourth-order valence-corrected chi connectivity index (χ4v) is 6.07. The maximum absolute atomic E-state index is 13.8. The predicted molar refractivity (Wildman–Crippen MR) is 109 cm³/mol. The van der Waals surface area contributed by atoms with Gasteiger partial charge in [0.1, 0.15) is 6.10 Å². The second-order valence-corrected chi connectivity index (χ2v) is 9.47. The quantitative estimate of drug-likeness (QED) is 0.675. The van der Waals surface area contributed by atoms with Crippen molar-refractivity contribution in [2.24, 2.45) is 23.7 Å². The summed E-state index contributed by atoms with van der Waals surface area (Å²) in [5.74, 6) is -2.20. The van der Waals surface area contributed by atoms with Gasteiger partial charge >= 0.3 is 11.9 Å². The highest BCUT2D eigenvalue weighted by Gasteiger charge is 2.68. The number of carbonyl (C=O) groups is 3. The molecule has 4 heterocycles. The zero-order chi connectivity index (χ0) is 22.5. The fourth-order valence-electron chi connectivity index (χ4n) is 6.07. The number of amides is 1. The first-order chi connectivity index (χ1) is 14.7. The van der Waals surface area contributed by atoms with E-state index in [1.165, 1.54) is 0 Å². The van der Waals surface area contributed by atoms with Gasteiger partial charge in [0.15, 0.2) is 5.60 Å². The van der Waals surface area contributed by atoms with E-state index in [-0.39, 0.29) is 36.2 Å². The number of cyclic esters (lactones) is 1. The van der Waals surface area contributed by atoms with Gasteiger partial charge in [-0.3, -0.25) is 14.4 Å².